The number of nitro groups is 1. The minimum absolute atomic E-state index is 0.00101. The molecule has 0 saturated heterocycles. The number of nitrogens with one attached hydrogen (secondary N) is 2. The van der Waals surface area contributed by atoms with Gasteiger partial charge in [-0.15, -0.1) is 0 Å². The zero-order valence-electron chi connectivity index (χ0n) is 12.0. The molecular formula is C15H12ClN3O3S. The SMILES string of the molecule is Cc1cccc(C(=O)NC(=S)Nc2cc([N+](=O)[O-])ccc2Cl)c1. The number of anilines is 1. The number of carbonyl (C=O) groups excluding carboxylic acids is 1. The van der Waals surface area contributed by atoms with Gasteiger partial charge >= 0.3 is 0 Å². The summed E-state index contributed by atoms with van der Waals surface area (Å²) in [6.07, 6.45) is 0. The quantitative estimate of drug-likeness (QED) is 0.501. The minimum atomic E-state index is -0.546. The Morgan fingerprint density at radius 1 is 1.26 bits per heavy atom. The van der Waals surface area contributed by atoms with Gasteiger partial charge in [-0.1, -0.05) is 29.3 Å². The molecule has 8 heteroatoms. The second kappa shape index (κ2) is 7.17. The first-order chi connectivity index (χ1) is 10.9. The van der Waals surface area contributed by atoms with Crippen LogP contribution in [0.5, 0.6) is 0 Å². The van der Waals surface area contributed by atoms with Crippen molar-refractivity contribution in [2.75, 3.05) is 5.32 Å². The number of non-ortho nitro benzene ring substituents is 1. The number of nitro benzene ring substituents is 1. The van der Waals surface area contributed by atoms with Crippen molar-refractivity contribution in [3.8, 4) is 0 Å². The van der Waals surface area contributed by atoms with Crippen LogP contribution in [0.4, 0.5) is 11.4 Å². The van der Waals surface area contributed by atoms with E-state index in [1.807, 2.05) is 13.0 Å². The van der Waals surface area contributed by atoms with Crippen LogP contribution in [-0.2, 0) is 0 Å². The highest BCUT2D eigenvalue weighted by Crippen LogP contribution is 2.26. The van der Waals surface area contributed by atoms with Crippen LogP contribution in [0.25, 0.3) is 0 Å². The van der Waals surface area contributed by atoms with E-state index in [4.69, 9.17) is 23.8 Å². The number of carbonyl (C=O) groups is 1. The zero-order valence-corrected chi connectivity index (χ0v) is 13.6. The Kier molecular flexibility index (Phi) is 5.25. The average Bonchev–Trinajstić information content (AvgIpc) is 2.49. The first-order valence-corrected chi connectivity index (χ1v) is 7.28. The molecule has 0 radical (unpaired) electrons. The molecule has 0 spiro atoms. The standard InChI is InChI=1S/C15H12ClN3O3S/c1-9-3-2-4-10(7-9)14(20)18-15(23)17-13-8-11(19(21)22)5-6-12(13)16/h2-8H,1H3,(H2,17,18,20,23). The van der Waals surface area contributed by atoms with Crippen LogP contribution in [0.15, 0.2) is 42.5 Å². The van der Waals surface area contributed by atoms with Crippen LogP contribution in [0.3, 0.4) is 0 Å². The molecule has 2 rings (SSSR count). The minimum Gasteiger partial charge on any atom is -0.331 e. The van der Waals surface area contributed by atoms with Crippen molar-refractivity contribution in [3.63, 3.8) is 0 Å². The summed E-state index contributed by atoms with van der Waals surface area (Å²) < 4.78 is 0. The normalized spacial score (nSPS) is 10.0. The van der Waals surface area contributed by atoms with Gasteiger partial charge in [0.25, 0.3) is 11.6 Å². The molecule has 0 aliphatic heterocycles. The van der Waals surface area contributed by atoms with E-state index in [0.29, 0.717) is 5.56 Å². The van der Waals surface area contributed by atoms with Crippen LogP contribution in [-0.4, -0.2) is 15.9 Å². The van der Waals surface area contributed by atoms with Crippen LogP contribution in [0.1, 0.15) is 15.9 Å². The number of rotatable bonds is 3. The van der Waals surface area contributed by atoms with Crippen LogP contribution in [0.2, 0.25) is 5.02 Å². The van der Waals surface area contributed by atoms with Crippen LogP contribution >= 0.6 is 23.8 Å². The summed E-state index contributed by atoms with van der Waals surface area (Å²) in [6, 6.07) is 10.9. The summed E-state index contributed by atoms with van der Waals surface area (Å²) >= 11 is 11.0. The van der Waals surface area contributed by atoms with E-state index in [0.717, 1.165) is 5.56 Å². The van der Waals surface area contributed by atoms with Gasteiger partial charge in [-0.25, -0.2) is 0 Å². The first kappa shape index (κ1) is 16.9. The molecule has 1 amide bonds. The van der Waals surface area contributed by atoms with E-state index in [2.05, 4.69) is 10.6 Å². The number of nitrogens with zero attached hydrogens (tertiary/aromatic N) is 1. The summed E-state index contributed by atoms with van der Waals surface area (Å²) in [7, 11) is 0. The third-order valence-electron chi connectivity index (χ3n) is 2.92. The molecule has 2 aromatic carbocycles. The van der Waals surface area contributed by atoms with Gasteiger partial charge in [0.05, 0.1) is 15.6 Å². The highest BCUT2D eigenvalue weighted by atomic mass is 35.5. The molecule has 23 heavy (non-hydrogen) atoms. The zero-order chi connectivity index (χ0) is 17.0. The summed E-state index contributed by atoms with van der Waals surface area (Å²) in [6.45, 7) is 1.87. The second-order valence-electron chi connectivity index (χ2n) is 4.70. The van der Waals surface area contributed by atoms with Gasteiger partial charge in [-0.3, -0.25) is 20.2 Å². The molecule has 0 atom stereocenters. The number of hydrogen-bond donors (Lipinski definition) is 2. The monoisotopic (exact) mass is 349 g/mol. The fourth-order valence-corrected chi connectivity index (χ4v) is 2.21. The van der Waals surface area contributed by atoms with Gasteiger partial charge in [-0.05, 0) is 37.3 Å². The molecule has 0 heterocycles. The molecular weight excluding hydrogens is 338 g/mol. The Morgan fingerprint density at radius 3 is 2.65 bits per heavy atom. The van der Waals surface area contributed by atoms with Crippen LogP contribution in [0, 0.1) is 17.0 Å². The average molecular weight is 350 g/mol. The number of thiocarbonyl (C=S) groups is 1. The molecule has 6 nitrogen and oxygen atoms in total. The van der Waals surface area contributed by atoms with E-state index in [-0.39, 0.29) is 27.4 Å². The lowest BCUT2D eigenvalue weighted by Crippen LogP contribution is -2.34. The molecule has 0 saturated carbocycles. The van der Waals surface area contributed by atoms with Gasteiger partial charge in [0.1, 0.15) is 0 Å². The van der Waals surface area contributed by atoms with Gasteiger partial charge in [0, 0.05) is 17.7 Å². The predicted molar refractivity (Wildman–Crippen MR) is 93.0 cm³/mol. The maximum absolute atomic E-state index is 12.1. The van der Waals surface area contributed by atoms with Crippen molar-refractivity contribution in [3.05, 3.63) is 68.7 Å². The molecule has 0 bridgehead atoms. The summed E-state index contributed by atoms with van der Waals surface area (Å²) in [5.41, 5.74) is 1.51. The van der Waals surface area contributed by atoms with Gasteiger partial charge in [0.2, 0.25) is 0 Å². The molecule has 2 N–H and O–H groups in total. The Bertz CT molecular complexity index is 795. The van der Waals surface area contributed by atoms with Crippen molar-refractivity contribution < 1.29 is 9.72 Å². The lowest BCUT2D eigenvalue weighted by atomic mass is 10.1. The van der Waals surface area contributed by atoms with E-state index in [9.17, 15) is 14.9 Å². The third kappa shape index (κ3) is 4.48. The smallest absolute Gasteiger partial charge is 0.271 e. The molecule has 118 valence electrons. The molecule has 0 aliphatic rings. The maximum Gasteiger partial charge on any atom is 0.271 e. The molecule has 0 aliphatic carbocycles. The predicted octanol–water partition coefficient (Wildman–Crippen LogP) is 3.68. The summed E-state index contributed by atoms with van der Waals surface area (Å²) in [5.74, 6) is -0.382. The van der Waals surface area contributed by atoms with Gasteiger partial charge in [-0.2, -0.15) is 0 Å². The largest absolute Gasteiger partial charge is 0.331 e. The lowest BCUT2D eigenvalue weighted by Gasteiger charge is -2.11. The second-order valence-corrected chi connectivity index (χ2v) is 5.51. The molecule has 0 aromatic heterocycles. The Labute approximate surface area is 142 Å². The number of benzene rings is 2. The third-order valence-corrected chi connectivity index (χ3v) is 3.45. The maximum atomic E-state index is 12.1. The molecule has 2 aromatic rings. The number of hydrogen-bond acceptors (Lipinski definition) is 4. The van der Waals surface area contributed by atoms with Gasteiger partial charge in [0.15, 0.2) is 5.11 Å². The van der Waals surface area contributed by atoms with E-state index < -0.39 is 4.92 Å². The van der Waals surface area contributed by atoms with E-state index in [1.54, 1.807) is 18.2 Å². The highest BCUT2D eigenvalue weighted by molar-refractivity contribution is 7.80. The van der Waals surface area contributed by atoms with E-state index in [1.165, 1.54) is 18.2 Å². The first-order valence-electron chi connectivity index (χ1n) is 6.50. The van der Waals surface area contributed by atoms with Crippen molar-refractivity contribution in [1.82, 2.24) is 5.32 Å². The molecule has 0 fully saturated rings. The number of halogens is 1. The summed E-state index contributed by atoms with van der Waals surface area (Å²) in [5, 5.41) is 16.2. The number of amides is 1. The molecule has 0 unspecified atom stereocenters. The van der Waals surface area contributed by atoms with E-state index >= 15 is 0 Å². The Balaban J connectivity index is 2.09. The van der Waals surface area contributed by atoms with Crippen molar-refractivity contribution in [1.29, 1.82) is 0 Å². The van der Waals surface area contributed by atoms with Crippen molar-refractivity contribution in [2.24, 2.45) is 0 Å². The highest BCUT2D eigenvalue weighted by Gasteiger charge is 2.12. The topological polar surface area (TPSA) is 84.3 Å². The lowest BCUT2D eigenvalue weighted by molar-refractivity contribution is -0.384. The Hall–Kier alpha value is -2.51. The Morgan fingerprint density at radius 2 is 2.00 bits per heavy atom. The fraction of sp³-hybridized carbons (Fsp3) is 0.0667. The van der Waals surface area contributed by atoms with Crippen molar-refractivity contribution >= 4 is 46.2 Å². The fourth-order valence-electron chi connectivity index (χ4n) is 1.84. The van der Waals surface area contributed by atoms with Crippen LogP contribution < -0.4 is 10.6 Å². The summed E-state index contributed by atoms with van der Waals surface area (Å²) in [4.78, 5) is 22.3. The van der Waals surface area contributed by atoms with Crippen molar-refractivity contribution in [2.45, 2.75) is 6.92 Å². The number of aryl methyl sites for hydroxylation is 1. The van der Waals surface area contributed by atoms with Gasteiger partial charge < -0.3 is 5.32 Å².